The first kappa shape index (κ1) is 18.6. The van der Waals surface area contributed by atoms with E-state index in [4.69, 9.17) is 4.98 Å². The summed E-state index contributed by atoms with van der Waals surface area (Å²) in [7, 11) is 3.97. The average molecular weight is 396 g/mol. The van der Waals surface area contributed by atoms with Crippen LogP contribution in [0, 0.1) is 6.92 Å². The molecule has 30 heavy (non-hydrogen) atoms. The molecule has 4 aromatic rings. The number of hydrogen-bond acceptors (Lipinski definition) is 3. The monoisotopic (exact) mass is 395 g/mol. The van der Waals surface area contributed by atoms with E-state index in [0.29, 0.717) is 5.39 Å². The van der Waals surface area contributed by atoms with Gasteiger partial charge in [-0.1, -0.05) is 48.5 Å². The van der Waals surface area contributed by atoms with Crippen LogP contribution in [0.1, 0.15) is 34.1 Å². The van der Waals surface area contributed by atoms with Crippen LogP contribution in [0.3, 0.4) is 0 Å². The fourth-order valence-electron chi connectivity index (χ4n) is 4.65. The van der Waals surface area contributed by atoms with Gasteiger partial charge in [0.05, 0.1) is 16.9 Å². The molecule has 3 aromatic carbocycles. The largest absolute Gasteiger partial charge is 0.378 e. The van der Waals surface area contributed by atoms with Gasteiger partial charge >= 0.3 is 0 Å². The first-order chi connectivity index (χ1) is 14.5. The molecule has 1 aliphatic rings. The van der Waals surface area contributed by atoms with Crippen LogP contribution < -0.4 is 10.5 Å². The van der Waals surface area contributed by atoms with Gasteiger partial charge in [0.1, 0.15) is 5.82 Å². The van der Waals surface area contributed by atoms with E-state index in [9.17, 15) is 4.79 Å². The summed E-state index contributed by atoms with van der Waals surface area (Å²) in [5, 5.41) is 0.658. The Morgan fingerprint density at radius 3 is 2.10 bits per heavy atom. The molecule has 0 unspecified atom stereocenters. The van der Waals surface area contributed by atoms with Gasteiger partial charge in [0.2, 0.25) is 0 Å². The van der Waals surface area contributed by atoms with E-state index >= 15 is 0 Å². The van der Waals surface area contributed by atoms with Crippen LogP contribution >= 0.6 is 0 Å². The van der Waals surface area contributed by atoms with Crippen LogP contribution in [-0.4, -0.2) is 23.6 Å². The molecule has 0 aliphatic heterocycles. The van der Waals surface area contributed by atoms with Crippen molar-refractivity contribution in [2.24, 2.45) is 0 Å². The number of anilines is 1. The summed E-state index contributed by atoms with van der Waals surface area (Å²) in [4.78, 5) is 20.7. The summed E-state index contributed by atoms with van der Waals surface area (Å²) < 4.78 is 1.89. The standard InChI is InChI=1S/C26H25N3O/c1-17-27-24-15-14-20(28(2)3)16-23(24)26(30)29(17)25-21-10-6-4-8-18(21)12-13-19-9-5-7-11-22(19)25/h4-11,14-16,25H,12-13H2,1-3H3. The fraction of sp³-hybridized carbons (Fsp3) is 0.231. The summed E-state index contributed by atoms with van der Waals surface area (Å²) in [6, 6.07) is 22.7. The molecule has 5 rings (SSSR count). The second kappa shape index (κ2) is 7.13. The molecule has 0 N–H and O–H groups in total. The van der Waals surface area contributed by atoms with Crippen molar-refractivity contribution in [3.8, 4) is 0 Å². The molecule has 0 bridgehead atoms. The maximum atomic E-state index is 13.9. The van der Waals surface area contributed by atoms with Crippen molar-refractivity contribution in [1.29, 1.82) is 0 Å². The second-order valence-corrected chi connectivity index (χ2v) is 8.23. The van der Waals surface area contributed by atoms with E-state index < -0.39 is 0 Å². The average Bonchev–Trinajstić information content (AvgIpc) is 2.91. The zero-order chi connectivity index (χ0) is 20.8. The van der Waals surface area contributed by atoms with Crippen LogP contribution in [0.4, 0.5) is 5.69 Å². The highest BCUT2D eigenvalue weighted by Crippen LogP contribution is 2.35. The molecular formula is C26H25N3O. The molecule has 0 fully saturated rings. The van der Waals surface area contributed by atoms with Crippen LogP contribution in [0.2, 0.25) is 0 Å². The van der Waals surface area contributed by atoms with E-state index in [1.54, 1.807) is 0 Å². The Hall–Kier alpha value is -3.40. The van der Waals surface area contributed by atoms with Gasteiger partial charge in [0.15, 0.2) is 0 Å². The first-order valence-electron chi connectivity index (χ1n) is 10.4. The number of hydrogen-bond donors (Lipinski definition) is 0. The van der Waals surface area contributed by atoms with Gasteiger partial charge in [0, 0.05) is 19.8 Å². The highest BCUT2D eigenvalue weighted by atomic mass is 16.1. The van der Waals surface area contributed by atoms with E-state index in [2.05, 4.69) is 48.5 Å². The summed E-state index contributed by atoms with van der Waals surface area (Å²) in [5.74, 6) is 0.738. The zero-order valence-electron chi connectivity index (χ0n) is 17.6. The molecule has 0 saturated carbocycles. The van der Waals surface area contributed by atoms with Crippen LogP contribution in [0.5, 0.6) is 0 Å². The Morgan fingerprint density at radius 2 is 1.50 bits per heavy atom. The number of aryl methyl sites for hydroxylation is 3. The minimum atomic E-state index is -0.174. The molecule has 1 aromatic heterocycles. The van der Waals surface area contributed by atoms with Crippen molar-refractivity contribution in [1.82, 2.24) is 9.55 Å². The Morgan fingerprint density at radius 1 is 0.900 bits per heavy atom. The van der Waals surface area contributed by atoms with Gasteiger partial charge in [-0.05, 0) is 60.2 Å². The zero-order valence-corrected chi connectivity index (χ0v) is 17.6. The molecular weight excluding hydrogens is 370 g/mol. The highest BCUT2D eigenvalue weighted by Gasteiger charge is 2.27. The predicted molar refractivity (Wildman–Crippen MR) is 123 cm³/mol. The summed E-state index contributed by atoms with van der Waals surface area (Å²) >= 11 is 0. The third-order valence-electron chi connectivity index (χ3n) is 6.20. The molecule has 4 nitrogen and oxygen atoms in total. The molecule has 1 aliphatic carbocycles. The molecule has 1 heterocycles. The van der Waals surface area contributed by atoms with Crippen LogP contribution in [0.15, 0.2) is 71.5 Å². The minimum absolute atomic E-state index is 0.0118. The third-order valence-corrected chi connectivity index (χ3v) is 6.20. The van der Waals surface area contributed by atoms with Crippen molar-refractivity contribution in [2.75, 3.05) is 19.0 Å². The molecule has 150 valence electrons. The normalized spacial score (nSPS) is 13.6. The maximum Gasteiger partial charge on any atom is 0.262 e. The van der Waals surface area contributed by atoms with Crippen molar-refractivity contribution in [3.05, 3.63) is 105 Å². The number of nitrogens with zero attached hydrogens (tertiary/aromatic N) is 3. The molecule has 0 saturated heterocycles. The molecule has 4 heteroatoms. The summed E-state index contributed by atoms with van der Waals surface area (Å²) in [6.07, 6.45) is 1.95. The van der Waals surface area contributed by atoms with Crippen LogP contribution in [-0.2, 0) is 12.8 Å². The molecule has 0 radical (unpaired) electrons. The van der Waals surface area contributed by atoms with Crippen molar-refractivity contribution >= 4 is 16.6 Å². The maximum absolute atomic E-state index is 13.9. The SMILES string of the molecule is Cc1nc2ccc(N(C)C)cc2c(=O)n1C1c2ccccc2CCc2ccccc21. The topological polar surface area (TPSA) is 38.1 Å². The Kier molecular flexibility index (Phi) is 4.43. The van der Waals surface area contributed by atoms with Gasteiger partial charge in [-0.3, -0.25) is 9.36 Å². The third kappa shape index (κ3) is 2.91. The lowest BCUT2D eigenvalue weighted by molar-refractivity contribution is 0.617. The van der Waals surface area contributed by atoms with Crippen LogP contribution in [0.25, 0.3) is 10.9 Å². The van der Waals surface area contributed by atoms with Gasteiger partial charge in [-0.15, -0.1) is 0 Å². The number of aromatic nitrogens is 2. The van der Waals surface area contributed by atoms with Crippen molar-refractivity contribution in [2.45, 2.75) is 25.8 Å². The highest BCUT2D eigenvalue weighted by molar-refractivity contribution is 5.82. The Labute approximate surface area is 176 Å². The number of benzene rings is 3. The number of fused-ring (bicyclic) bond motifs is 3. The lowest BCUT2D eigenvalue weighted by Gasteiger charge is -2.25. The smallest absolute Gasteiger partial charge is 0.262 e. The second-order valence-electron chi connectivity index (χ2n) is 8.23. The Bertz CT molecular complexity index is 1270. The molecule has 0 spiro atoms. The van der Waals surface area contributed by atoms with Crippen molar-refractivity contribution in [3.63, 3.8) is 0 Å². The van der Waals surface area contributed by atoms with E-state index in [1.807, 2.05) is 48.7 Å². The van der Waals surface area contributed by atoms with Gasteiger partial charge in [0.25, 0.3) is 5.56 Å². The van der Waals surface area contributed by atoms with Gasteiger partial charge < -0.3 is 4.90 Å². The van der Waals surface area contributed by atoms with Crippen molar-refractivity contribution < 1.29 is 0 Å². The van der Waals surface area contributed by atoms with Gasteiger partial charge in [-0.2, -0.15) is 0 Å². The summed E-state index contributed by atoms with van der Waals surface area (Å²) in [5.41, 5.74) is 6.74. The lowest BCUT2D eigenvalue weighted by Crippen LogP contribution is -2.30. The summed E-state index contributed by atoms with van der Waals surface area (Å²) in [6.45, 7) is 1.94. The quantitative estimate of drug-likeness (QED) is 0.501. The van der Waals surface area contributed by atoms with Gasteiger partial charge in [-0.25, -0.2) is 4.98 Å². The first-order valence-corrected chi connectivity index (χ1v) is 10.4. The van der Waals surface area contributed by atoms with E-state index in [1.165, 1.54) is 22.3 Å². The number of rotatable bonds is 2. The Balaban J connectivity index is 1.85. The predicted octanol–water partition coefficient (Wildman–Crippen LogP) is 4.51. The minimum Gasteiger partial charge on any atom is -0.378 e. The molecule has 0 amide bonds. The van der Waals surface area contributed by atoms with E-state index in [-0.39, 0.29) is 11.6 Å². The van der Waals surface area contributed by atoms with E-state index in [0.717, 1.165) is 29.9 Å². The fourth-order valence-corrected chi connectivity index (χ4v) is 4.65. The molecule has 0 atom stereocenters. The lowest BCUT2D eigenvalue weighted by atomic mass is 9.94.